The van der Waals surface area contributed by atoms with Gasteiger partial charge < -0.3 is 34.6 Å². The number of fused-ring (bicyclic) bond motifs is 1. The fraction of sp³-hybridized carbons (Fsp3) is 0.422. The van der Waals surface area contributed by atoms with Gasteiger partial charge in [0.05, 0.1) is 36.6 Å². The number of hydrogen-bond donors (Lipinski definition) is 2. The van der Waals surface area contributed by atoms with Crippen molar-refractivity contribution >= 4 is 35.1 Å². The fourth-order valence-electron chi connectivity index (χ4n) is 8.88. The van der Waals surface area contributed by atoms with Crippen LogP contribution in [0.4, 0.5) is 11.4 Å². The molecule has 56 heavy (non-hydrogen) atoms. The van der Waals surface area contributed by atoms with E-state index in [2.05, 4.69) is 37.2 Å². The lowest BCUT2D eigenvalue weighted by atomic mass is 9.70. The molecule has 3 fully saturated rings. The Kier molecular flexibility index (Phi) is 13.1. The minimum Gasteiger partial charge on any atom is -0.463 e. The Morgan fingerprint density at radius 3 is 2.27 bits per heavy atom. The first-order valence-corrected chi connectivity index (χ1v) is 19.7. The van der Waals surface area contributed by atoms with Gasteiger partial charge in [-0.3, -0.25) is 19.2 Å². The van der Waals surface area contributed by atoms with Crippen LogP contribution in [0.3, 0.4) is 0 Å². The monoisotopic (exact) mass is 762 g/mol. The maximum Gasteiger partial charge on any atom is 0.306 e. The Bertz CT molecular complexity index is 1850. The SMILES string of the molecule is C=CCCC(=O)OC[C@@H](NC(=O)[C@@H]1[C@@H]2CC[C@]3(O2)[C@H](C(=O)N(CC=C)c2ccc(N(CC)CC)cc2)N([C@@H](CO)Cc2ccccc2)C(=O)[C@@H]13)c1ccccc1. The van der Waals surface area contributed by atoms with Gasteiger partial charge in [-0.25, -0.2) is 0 Å². The summed E-state index contributed by atoms with van der Waals surface area (Å²) in [5, 5.41) is 14.0. The first kappa shape index (κ1) is 40.4. The van der Waals surface area contributed by atoms with Crippen LogP contribution in [0.25, 0.3) is 0 Å². The van der Waals surface area contributed by atoms with E-state index in [1.165, 1.54) is 4.90 Å². The van der Waals surface area contributed by atoms with Crippen molar-refractivity contribution in [1.29, 1.82) is 0 Å². The molecule has 0 unspecified atom stereocenters. The van der Waals surface area contributed by atoms with Gasteiger partial charge in [0.15, 0.2) is 0 Å². The summed E-state index contributed by atoms with van der Waals surface area (Å²) in [5.41, 5.74) is 1.97. The predicted molar refractivity (Wildman–Crippen MR) is 216 cm³/mol. The summed E-state index contributed by atoms with van der Waals surface area (Å²) in [7, 11) is 0. The average molecular weight is 763 g/mol. The number of anilines is 2. The van der Waals surface area contributed by atoms with E-state index in [0.29, 0.717) is 31.4 Å². The summed E-state index contributed by atoms with van der Waals surface area (Å²) >= 11 is 0. The molecule has 7 atom stereocenters. The molecule has 1 spiro atoms. The lowest BCUT2D eigenvalue weighted by Crippen LogP contribution is -2.59. The van der Waals surface area contributed by atoms with Gasteiger partial charge in [0, 0.05) is 37.4 Å². The summed E-state index contributed by atoms with van der Waals surface area (Å²) in [6.45, 7) is 13.1. The zero-order valence-corrected chi connectivity index (χ0v) is 32.4. The van der Waals surface area contributed by atoms with E-state index in [1.807, 2.05) is 84.9 Å². The Morgan fingerprint density at radius 1 is 0.982 bits per heavy atom. The number of rotatable bonds is 19. The highest BCUT2D eigenvalue weighted by atomic mass is 16.5. The van der Waals surface area contributed by atoms with E-state index >= 15 is 9.59 Å². The first-order chi connectivity index (χ1) is 27.2. The Hall–Kier alpha value is -5.26. The number of benzene rings is 3. The van der Waals surface area contributed by atoms with Crippen LogP contribution in [0.5, 0.6) is 0 Å². The molecule has 11 nitrogen and oxygen atoms in total. The summed E-state index contributed by atoms with van der Waals surface area (Å²) in [6, 6.07) is 23.9. The number of aliphatic hydroxyl groups excluding tert-OH is 1. The molecule has 3 amide bonds. The molecular weight excluding hydrogens is 709 g/mol. The maximum absolute atomic E-state index is 15.2. The van der Waals surface area contributed by atoms with E-state index in [0.717, 1.165) is 29.9 Å². The van der Waals surface area contributed by atoms with Gasteiger partial charge >= 0.3 is 5.97 Å². The molecule has 6 rings (SSSR count). The first-order valence-electron chi connectivity index (χ1n) is 19.7. The molecular formula is C45H54N4O7. The average Bonchev–Trinajstić information content (AvgIpc) is 3.88. The molecule has 0 saturated carbocycles. The third-order valence-electron chi connectivity index (χ3n) is 11.5. The van der Waals surface area contributed by atoms with Crippen LogP contribution in [-0.4, -0.2) is 90.3 Å². The molecule has 3 heterocycles. The van der Waals surface area contributed by atoms with Crippen LogP contribution in [0, 0.1) is 11.8 Å². The minimum absolute atomic E-state index is 0.103. The summed E-state index contributed by atoms with van der Waals surface area (Å²) in [6.07, 6.45) is 4.46. The van der Waals surface area contributed by atoms with Gasteiger partial charge in [-0.1, -0.05) is 72.8 Å². The second-order valence-electron chi connectivity index (χ2n) is 14.7. The number of hydrogen-bond acceptors (Lipinski definition) is 8. The molecule has 2 bridgehead atoms. The summed E-state index contributed by atoms with van der Waals surface area (Å²) in [5.74, 6) is -3.50. The van der Waals surface area contributed by atoms with E-state index in [1.54, 1.807) is 17.1 Å². The highest BCUT2D eigenvalue weighted by Gasteiger charge is 2.75. The lowest BCUT2D eigenvalue weighted by molar-refractivity contribution is -0.146. The van der Waals surface area contributed by atoms with Crippen LogP contribution in [0.15, 0.2) is 110 Å². The zero-order chi connectivity index (χ0) is 39.8. The smallest absolute Gasteiger partial charge is 0.306 e. The Balaban J connectivity index is 1.36. The lowest BCUT2D eigenvalue weighted by Gasteiger charge is -2.39. The molecule has 2 N–H and O–H groups in total. The molecule has 3 aliphatic rings. The molecule has 3 aliphatic heterocycles. The van der Waals surface area contributed by atoms with E-state index in [-0.39, 0.29) is 25.5 Å². The number of ether oxygens (including phenoxy) is 2. The van der Waals surface area contributed by atoms with Crippen LogP contribution in [0.1, 0.15) is 56.7 Å². The van der Waals surface area contributed by atoms with Crippen molar-refractivity contribution < 1.29 is 33.8 Å². The quantitative estimate of drug-likeness (QED) is 0.123. The molecule has 296 valence electrons. The predicted octanol–water partition coefficient (Wildman–Crippen LogP) is 5.40. The highest BCUT2D eigenvalue weighted by molar-refractivity contribution is 6.05. The molecule has 0 radical (unpaired) electrons. The van der Waals surface area contributed by atoms with E-state index < -0.39 is 66.1 Å². The van der Waals surface area contributed by atoms with Gasteiger partial charge in [0.25, 0.3) is 5.91 Å². The van der Waals surface area contributed by atoms with Crippen molar-refractivity contribution in [3.8, 4) is 0 Å². The van der Waals surface area contributed by atoms with Gasteiger partial charge in [-0.2, -0.15) is 0 Å². The van der Waals surface area contributed by atoms with Gasteiger partial charge in [-0.05, 0) is 74.9 Å². The van der Waals surface area contributed by atoms with Crippen molar-refractivity contribution in [2.24, 2.45) is 11.8 Å². The number of nitrogens with zero attached hydrogens (tertiary/aromatic N) is 3. The number of esters is 1. The minimum atomic E-state index is -1.31. The normalized spacial score (nSPS) is 23.2. The van der Waals surface area contributed by atoms with E-state index in [9.17, 15) is 14.7 Å². The number of likely N-dealkylation sites (tertiary alicyclic amines) is 1. The largest absolute Gasteiger partial charge is 0.463 e. The topological polar surface area (TPSA) is 129 Å². The van der Waals surface area contributed by atoms with Gasteiger partial charge in [0.2, 0.25) is 11.8 Å². The number of allylic oxidation sites excluding steroid dienone is 1. The van der Waals surface area contributed by atoms with Crippen LogP contribution < -0.4 is 15.1 Å². The van der Waals surface area contributed by atoms with Crippen LogP contribution in [-0.2, 0) is 35.1 Å². The molecule has 0 aromatic heterocycles. The van der Waals surface area contributed by atoms with Crippen molar-refractivity contribution in [3.63, 3.8) is 0 Å². The molecule has 3 saturated heterocycles. The van der Waals surface area contributed by atoms with Crippen molar-refractivity contribution in [3.05, 3.63) is 121 Å². The number of nitrogens with one attached hydrogen (secondary N) is 1. The second-order valence-corrected chi connectivity index (χ2v) is 14.7. The molecule has 0 aliphatic carbocycles. The van der Waals surface area contributed by atoms with Crippen LogP contribution >= 0.6 is 0 Å². The number of carbonyl (C=O) groups is 4. The third kappa shape index (κ3) is 8.01. The van der Waals surface area contributed by atoms with E-state index in [4.69, 9.17) is 9.47 Å². The fourth-order valence-corrected chi connectivity index (χ4v) is 8.88. The number of carbonyl (C=O) groups excluding carboxylic acids is 4. The molecule has 3 aromatic rings. The number of aliphatic hydroxyl groups is 1. The van der Waals surface area contributed by atoms with Crippen LogP contribution in [0.2, 0.25) is 0 Å². The van der Waals surface area contributed by atoms with Crippen molar-refractivity contribution in [2.45, 2.75) is 75.8 Å². The molecule has 11 heteroatoms. The number of amides is 3. The van der Waals surface area contributed by atoms with Gasteiger partial charge in [0.1, 0.15) is 18.2 Å². The standard InChI is InChI=1S/C45H54N4O7/c1-5-9-20-38(51)55-30-36(32-18-14-11-15-19-32)46-42(52)39-37-25-26-45(56-37)40(39)43(53)49(35(29-50)28-31-16-12-10-13-17-31)41(45)44(54)48(27-6-2)34-23-21-33(22-24-34)47(7-3)8-4/h5-6,10-19,21-24,35-37,39-41,50H,1-2,7-9,20,25-30H2,3-4H3,(H,46,52)/t35-,36-,37+,39-,40-,41+,45-/m1/s1. The Labute approximate surface area is 329 Å². The third-order valence-corrected chi connectivity index (χ3v) is 11.5. The summed E-state index contributed by atoms with van der Waals surface area (Å²) < 4.78 is 12.4. The second kappa shape index (κ2) is 18.1. The summed E-state index contributed by atoms with van der Waals surface area (Å²) in [4.78, 5) is 62.7. The highest BCUT2D eigenvalue weighted by Crippen LogP contribution is 2.59. The van der Waals surface area contributed by atoms with Crippen molar-refractivity contribution in [1.82, 2.24) is 10.2 Å². The Morgan fingerprint density at radius 2 is 1.64 bits per heavy atom. The molecule has 3 aromatic carbocycles. The zero-order valence-electron chi connectivity index (χ0n) is 32.4. The maximum atomic E-state index is 15.2. The van der Waals surface area contributed by atoms with Crippen molar-refractivity contribution in [2.75, 3.05) is 42.6 Å². The van der Waals surface area contributed by atoms with Gasteiger partial charge in [-0.15, -0.1) is 13.2 Å².